The fraction of sp³-hybridized carbons (Fsp3) is 0.632. The second-order valence-electron chi connectivity index (χ2n) is 6.82. The van der Waals surface area contributed by atoms with Gasteiger partial charge in [0.25, 0.3) is 0 Å². The Morgan fingerprint density at radius 2 is 1.74 bits per heavy atom. The molecule has 0 spiro atoms. The van der Waals surface area contributed by atoms with Crippen LogP contribution in [0, 0.1) is 0 Å². The Morgan fingerprint density at radius 3 is 2.26 bits per heavy atom. The Hall–Kier alpha value is -1.39. The van der Waals surface area contributed by atoms with Gasteiger partial charge in [0.2, 0.25) is 0 Å². The summed E-state index contributed by atoms with van der Waals surface area (Å²) in [6, 6.07) is 7.76. The summed E-state index contributed by atoms with van der Waals surface area (Å²) in [5.41, 5.74) is 1.54. The van der Waals surface area contributed by atoms with E-state index in [0.717, 1.165) is 19.6 Å². The summed E-state index contributed by atoms with van der Waals surface area (Å²) >= 11 is 0. The summed E-state index contributed by atoms with van der Waals surface area (Å²) in [4.78, 5) is 16.0. The summed E-state index contributed by atoms with van der Waals surface area (Å²) in [5, 5.41) is 8.98. The van der Waals surface area contributed by atoms with Crippen LogP contribution in [0.3, 0.4) is 0 Å². The van der Waals surface area contributed by atoms with Crippen molar-refractivity contribution >= 4 is 5.97 Å². The van der Waals surface area contributed by atoms with Crippen molar-refractivity contribution in [2.45, 2.75) is 52.1 Å². The van der Waals surface area contributed by atoms with E-state index in [0.29, 0.717) is 11.6 Å². The molecule has 4 nitrogen and oxygen atoms in total. The second-order valence-corrected chi connectivity index (χ2v) is 6.82. The molecule has 1 aromatic carbocycles. The monoisotopic (exact) mass is 318 g/mol. The van der Waals surface area contributed by atoms with Crippen LogP contribution in [-0.4, -0.2) is 53.1 Å². The predicted molar refractivity (Wildman–Crippen MR) is 93.9 cm³/mol. The smallest absolute Gasteiger partial charge is 0.335 e. The minimum atomic E-state index is -0.863. The van der Waals surface area contributed by atoms with Crippen LogP contribution < -0.4 is 0 Å². The Morgan fingerprint density at radius 1 is 1.13 bits per heavy atom. The van der Waals surface area contributed by atoms with Crippen LogP contribution >= 0.6 is 0 Å². The van der Waals surface area contributed by atoms with Crippen LogP contribution in [0.15, 0.2) is 24.3 Å². The van der Waals surface area contributed by atoms with Gasteiger partial charge >= 0.3 is 5.97 Å². The average Bonchev–Trinajstić information content (AvgIpc) is 2.80. The van der Waals surface area contributed by atoms with Crippen LogP contribution in [0.25, 0.3) is 0 Å². The Kier molecular flexibility index (Phi) is 7.06. The van der Waals surface area contributed by atoms with Gasteiger partial charge in [-0.3, -0.25) is 4.90 Å². The fourth-order valence-electron chi connectivity index (χ4n) is 3.14. The van der Waals surface area contributed by atoms with Gasteiger partial charge in [0.1, 0.15) is 0 Å². The van der Waals surface area contributed by atoms with Gasteiger partial charge in [-0.05, 0) is 57.5 Å². The summed E-state index contributed by atoms with van der Waals surface area (Å²) in [7, 11) is 0. The quantitative estimate of drug-likeness (QED) is 0.836. The first-order valence-electron chi connectivity index (χ1n) is 8.85. The zero-order valence-corrected chi connectivity index (χ0v) is 14.5. The normalized spacial score (nSPS) is 16.7. The maximum absolute atomic E-state index is 10.9. The van der Waals surface area contributed by atoms with E-state index in [1.54, 1.807) is 12.1 Å². The highest BCUT2D eigenvalue weighted by atomic mass is 16.4. The number of carboxylic acids is 1. The first-order chi connectivity index (χ1) is 11.1. The molecule has 1 aliphatic heterocycles. The van der Waals surface area contributed by atoms with Crippen molar-refractivity contribution in [2.75, 3.05) is 26.2 Å². The molecule has 0 bridgehead atoms. The number of carboxylic acid groups (broad SMARTS) is 1. The lowest BCUT2D eigenvalue weighted by molar-refractivity contribution is 0.0697. The first-order valence-corrected chi connectivity index (χ1v) is 8.85. The molecule has 23 heavy (non-hydrogen) atoms. The van der Waals surface area contributed by atoms with E-state index < -0.39 is 5.97 Å². The fourth-order valence-corrected chi connectivity index (χ4v) is 3.14. The number of nitrogens with zero attached hydrogens (tertiary/aromatic N) is 2. The van der Waals surface area contributed by atoms with Crippen molar-refractivity contribution in [3.05, 3.63) is 35.4 Å². The van der Waals surface area contributed by atoms with Crippen LogP contribution in [-0.2, 0) is 6.54 Å². The molecular weight excluding hydrogens is 288 g/mol. The standard InChI is InChI=1S/C19H30N2O2/c1-16(2)21(14-13-20-11-5-3-4-6-12-20)15-17-7-9-18(10-8-17)19(22)23/h7-10,16H,3-6,11-15H2,1-2H3,(H,22,23). The minimum absolute atomic E-state index is 0.356. The van der Waals surface area contributed by atoms with Gasteiger partial charge in [0, 0.05) is 25.7 Å². The summed E-state index contributed by atoms with van der Waals surface area (Å²) < 4.78 is 0. The van der Waals surface area contributed by atoms with E-state index in [1.165, 1.54) is 44.3 Å². The highest BCUT2D eigenvalue weighted by Crippen LogP contribution is 2.13. The van der Waals surface area contributed by atoms with Crippen molar-refractivity contribution in [3.63, 3.8) is 0 Å². The molecule has 1 N–H and O–H groups in total. The Balaban J connectivity index is 1.88. The predicted octanol–water partition coefficient (Wildman–Crippen LogP) is 3.47. The molecule has 1 saturated heterocycles. The lowest BCUT2D eigenvalue weighted by atomic mass is 10.1. The maximum atomic E-state index is 10.9. The summed E-state index contributed by atoms with van der Waals surface area (Å²) in [6.45, 7) is 10.0. The van der Waals surface area contributed by atoms with Crippen LogP contribution in [0.2, 0.25) is 0 Å². The number of rotatable bonds is 7. The maximum Gasteiger partial charge on any atom is 0.335 e. The number of hydrogen-bond acceptors (Lipinski definition) is 3. The van der Waals surface area contributed by atoms with Crippen LogP contribution in [0.1, 0.15) is 55.5 Å². The van der Waals surface area contributed by atoms with Gasteiger partial charge < -0.3 is 10.0 Å². The highest BCUT2D eigenvalue weighted by molar-refractivity contribution is 5.87. The van der Waals surface area contributed by atoms with Crippen molar-refractivity contribution in [3.8, 4) is 0 Å². The van der Waals surface area contributed by atoms with Gasteiger partial charge in [-0.25, -0.2) is 4.79 Å². The third-order valence-corrected chi connectivity index (χ3v) is 4.72. The van der Waals surface area contributed by atoms with Crippen molar-refractivity contribution in [1.29, 1.82) is 0 Å². The van der Waals surface area contributed by atoms with Gasteiger partial charge in [0.05, 0.1) is 5.56 Å². The first kappa shape index (κ1) is 18.0. The van der Waals surface area contributed by atoms with Crippen LogP contribution in [0.5, 0.6) is 0 Å². The Labute approximate surface area is 140 Å². The van der Waals surface area contributed by atoms with Crippen molar-refractivity contribution in [1.82, 2.24) is 9.80 Å². The van der Waals surface area contributed by atoms with E-state index in [-0.39, 0.29) is 0 Å². The number of aromatic carboxylic acids is 1. The molecule has 0 radical (unpaired) electrons. The van der Waals surface area contributed by atoms with Crippen molar-refractivity contribution in [2.24, 2.45) is 0 Å². The minimum Gasteiger partial charge on any atom is -0.478 e. The number of carbonyl (C=O) groups is 1. The highest BCUT2D eigenvalue weighted by Gasteiger charge is 2.14. The van der Waals surface area contributed by atoms with E-state index in [9.17, 15) is 4.79 Å². The molecule has 1 aromatic rings. The third kappa shape index (κ3) is 5.96. The van der Waals surface area contributed by atoms with E-state index in [1.807, 2.05) is 12.1 Å². The number of hydrogen-bond donors (Lipinski definition) is 1. The second kappa shape index (κ2) is 9.04. The molecule has 0 aromatic heterocycles. The average molecular weight is 318 g/mol. The van der Waals surface area contributed by atoms with Gasteiger partial charge in [0.15, 0.2) is 0 Å². The summed E-state index contributed by atoms with van der Waals surface area (Å²) in [6.07, 6.45) is 5.41. The molecule has 1 heterocycles. The zero-order chi connectivity index (χ0) is 16.7. The molecular formula is C19H30N2O2. The van der Waals surface area contributed by atoms with E-state index in [4.69, 9.17) is 5.11 Å². The van der Waals surface area contributed by atoms with E-state index in [2.05, 4.69) is 23.6 Å². The molecule has 4 heteroatoms. The molecule has 0 amide bonds. The van der Waals surface area contributed by atoms with E-state index >= 15 is 0 Å². The number of likely N-dealkylation sites (tertiary alicyclic amines) is 1. The molecule has 0 unspecified atom stereocenters. The summed E-state index contributed by atoms with van der Waals surface area (Å²) in [5.74, 6) is -0.863. The van der Waals surface area contributed by atoms with Gasteiger partial charge in [-0.2, -0.15) is 0 Å². The van der Waals surface area contributed by atoms with Gasteiger partial charge in [-0.1, -0.05) is 25.0 Å². The molecule has 1 fully saturated rings. The molecule has 2 rings (SSSR count). The lowest BCUT2D eigenvalue weighted by Crippen LogP contribution is -2.38. The van der Waals surface area contributed by atoms with Crippen LogP contribution in [0.4, 0.5) is 0 Å². The Bertz CT molecular complexity index is 477. The molecule has 0 aliphatic carbocycles. The molecule has 1 aliphatic rings. The van der Waals surface area contributed by atoms with Gasteiger partial charge in [-0.15, -0.1) is 0 Å². The largest absolute Gasteiger partial charge is 0.478 e. The molecule has 0 saturated carbocycles. The lowest BCUT2D eigenvalue weighted by Gasteiger charge is -2.30. The zero-order valence-electron chi connectivity index (χ0n) is 14.5. The number of benzene rings is 1. The van der Waals surface area contributed by atoms with Crippen molar-refractivity contribution < 1.29 is 9.90 Å². The topological polar surface area (TPSA) is 43.8 Å². The molecule has 0 atom stereocenters. The third-order valence-electron chi connectivity index (χ3n) is 4.72. The molecule has 128 valence electrons. The SMILES string of the molecule is CC(C)N(CCN1CCCCCC1)Cc1ccc(C(=O)O)cc1.